The summed E-state index contributed by atoms with van der Waals surface area (Å²) in [5.41, 5.74) is 8.61. The lowest BCUT2D eigenvalue weighted by Gasteiger charge is -2.28. The Kier molecular flexibility index (Phi) is 8.58. The summed E-state index contributed by atoms with van der Waals surface area (Å²) < 4.78 is 6.21. The Morgan fingerprint density at radius 3 is 2.37 bits per heavy atom. The Morgan fingerprint density at radius 2 is 1.55 bits per heavy atom. The van der Waals surface area contributed by atoms with Gasteiger partial charge in [-0.15, -0.1) is 0 Å². The first-order valence-corrected chi connectivity index (χ1v) is 13.8. The first kappa shape index (κ1) is 26.2. The fraction of sp³-hybridized carbons (Fsp3) is 0.314. The molecule has 1 fully saturated rings. The van der Waals surface area contributed by atoms with Gasteiger partial charge < -0.3 is 14.5 Å². The van der Waals surface area contributed by atoms with Crippen LogP contribution in [-0.2, 0) is 6.54 Å². The molecule has 0 aromatic heterocycles. The minimum atomic E-state index is 0.783. The van der Waals surface area contributed by atoms with Gasteiger partial charge in [-0.1, -0.05) is 66.7 Å². The van der Waals surface area contributed by atoms with E-state index < -0.39 is 0 Å². The van der Waals surface area contributed by atoms with E-state index in [1.165, 1.54) is 64.9 Å². The maximum atomic E-state index is 6.21. The molecule has 1 saturated heterocycles. The molecule has 0 saturated carbocycles. The van der Waals surface area contributed by atoms with Gasteiger partial charge in [-0.3, -0.25) is 0 Å². The third kappa shape index (κ3) is 6.53. The second-order valence-corrected chi connectivity index (χ2v) is 10.9. The second kappa shape index (κ2) is 12.4. The van der Waals surface area contributed by atoms with E-state index in [-0.39, 0.29) is 0 Å². The molecule has 0 spiro atoms. The molecule has 1 radical (unpaired) electrons. The van der Waals surface area contributed by atoms with Gasteiger partial charge >= 0.3 is 0 Å². The normalized spacial score (nSPS) is 14.6. The van der Waals surface area contributed by atoms with Crippen molar-refractivity contribution in [3.05, 3.63) is 103 Å². The van der Waals surface area contributed by atoms with Crippen LogP contribution in [0.25, 0.3) is 33.4 Å². The highest BCUT2D eigenvalue weighted by atomic mass is 16.5. The number of nitrogens with zero attached hydrogens (tertiary/aromatic N) is 2. The van der Waals surface area contributed by atoms with E-state index in [4.69, 9.17) is 4.74 Å². The van der Waals surface area contributed by atoms with E-state index in [9.17, 15) is 0 Å². The molecule has 0 unspecified atom stereocenters. The summed E-state index contributed by atoms with van der Waals surface area (Å²) in [6, 6.07) is 35.7. The lowest BCUT2D eigenvalue weighted by molar-refractivity contribution is 0.187. The van der Waals surface area contributed by atoms with E-state index in [1.807, 2.05) is 6.07 Å². The summed E-state index contributed by atoms with van der Waals surface area (Å²) in [6.07, 6.45) is 3.70. The van der Waals surface area contributed by atoms with Crippen molar-refractivity contribution in [1.29, 1.82) is 0 Å². The Balaban J connectivity index is 1.36. The van der Waals surface area contributed by atoms with Gasteiger partial charge in [0.1, 0.15) is 5.75 Å². The maximum absolute atomic E-state index is 6.21. The van der Waals surface area contributed by atoms with Gasteiger partial charge in [0.2, 0.25) is 0 Å². The summed E-state index contributed by atoms with van der Waals surface area (Å²) in [7, 11) is 6.45. The fourth-order valence-electron chi connectivity index (χ4n) is 5.49. The molecular weight excluding hydrogens is 464 g/mol. The van der Waals surface area contributed by atoms with E-state index >= 15 is 0 Å². The Labute approximate surface area is 228 Å². The van der Waals surface area contributed by atoms with Gasteiger partial charge in [0.05, 0.1) is 6.61 Å². The van der Waals surface area contributed by atoms with Crippen molar-refractivity contribution in [2.45, 2.75) is 25.8 Å². The van der Waals surface area contributed by atoms with Crippen LogP contribution in [0.5, 0.6) is 5.75 Å². The quantitative estimate of drug-likeness (QED) is 0.233. The highest BCUT2D eigenvalue weighted by molar-refractivity contribution is 5.86. The van der Waals surface area contributed by atoms with E-state index in [0.717, 1.165) is 31.2 Å². The molecule has 3 nitrogen and oxygen atoms in total. The van der Waals surface area contributed by atoms with E-state index in [2.05, 4.69) is 122 Å². The Hall–Kier alpha value is -3.40. The number of hydrogen-bond acceptors (Lipinski definition) is 3. The third-order valence-electron chi connectivity index (χ3n) is 7.63. The smallest absolute Gasteiger partial charge is 0.119 e. The fourth-order valence-corrected chi connectivity index (χ4v) is 5.49. The van der Waals surface area contributed by atoms with Gasteiger partial charge in [0.25, 0.3) is 0 Å². The zero-order chi connectivity index (χ0) is 26.3. The van der Waals surface area contributed by atoms with E-state index in [1.54, 1.807) is 0 Å². The number of rotatable bonds is 9. The first-order valence-electron chi connectivity index (χ1n) is 13.8. The topological polar surface area (TPSA) is 15.7 Å². The van der Waals surface area contributed by atoms with Crippen LogP contribution in [0.1, 0.15) is 24.8 Å². The molecule has 1 heterocycles. The van der Waals surface area contributed by atoms with Crippen LogP contribution in [0, 0.1) is 12.0 Å². The largest absolute Gasteiger partial charge is 0.494 e. The zero-order valence-corrected chi connectivity index (χ0v) is 23.0. The molecule has 0 atom stereocenters. The maximum Gasteiger partial charge on any atom is 0.119 e. The molecule has 3 heteroatoms. The Morgan fingerprint density at radius 1 is 0.816 bits per heavy atom. The van der Waals surface area contributed by atoms with Gasteiger partial charge in [-0.05, 0) is 129 Å². The highest BCUT2D eigenvalue weighted by Crippen LogP contribution is 2.36. The predicted octanol–water partition coefficient (Wildman–Crippen LogP) is 7.66. The van der Waals surface area contributed by atoms with Gasteiger partial charge in [-0.2, -0.15) is 0 Å². The average molecular weight is 504 g/mol. The van der Waals surface area contributed by atoms with Crippen LogP contribution >= 0.6 is 0 Å². The molecule has 38 heavy (non-hydrogen) atoms. The molecule has 5 rings (SSSR count). The molecule has 0 amide bonds. The minimum Gasteiger partial charge on any atom is -0.494 e. The van der Waals surface area contributed by atoms with Crippen LogP contribution in [0.4, 0.5) is 0 Å². The molecule has 4 aromatic rings. The van der Waals surface area contributed by atoms with Crippen LogP contribution < -0.4 is 4.74 Å². The second-order valence-electron chi connectivity index (χ2n) is 10.9. The predicted molar refractivity (Wildman–Crippen MR) is 159 cm³/mol. The Bertz CT molecular complexity index is 1340. The molecule has 1 aliphatic rings. The van der Waals surface area contributed by atoms with Crippen molar-refractivity contribution in [2.75, 3.05) is 40.8 Å². The standard InChI is InChI=1S/C35H39N2O/c1-36(2)26-31-10-4-5-16-34(31)35-17-7-6-15-33(35)30-13-8-11-28(24-30)29-12-9-14-32(25-29)38-23-20-27-18-21-37(3)22-19-27/h4-5,7-17,24-25,27H,18-23,26H2,1-3H3. The summed E-state index contributed by atoms with van der Waals surface area (Å²) in [5, 5.41) is 0. The van der Waals surface area contributed by atoms with Crippen LogP contribution in [0.2, 0.25) is 0 Å². The molecule has 1 aliphatic heterocycles. The van der Waals surface area contributed by atoms with Crippen LogP contribution in [-0.4, -0.2) is 50.6 Å². The van der Waals surface area contributed by atoms with Crippen LogP contribution in [0.3, 0.4) is 0 Å². The number of piperidine rings is 1. The monoisotopic (exact) mass is 503 g/mol. The zero-order valence-electron chi connectivity index (χ0n) is 23.0. The average Bonchev–Trinajstić information content (AvgIpc) is 2.94. The number of benzene rings is 4. The number of likely N-dealkylation sites (tertiary alicyclic amines) is 1. The summed E-state index contributed by atoms with van der Waals surface area (Å²) >= 11 is 0. The van der Waals surface area contributed by atoms with Gasteiger partial charge in [0.15, 0.2) is 0 Å². The van der Waals surface area contributed by atoms with Crippen molar-refractivity contribution in [1.82, 2.24) is 9.80 Å². The lowest BCUT2D eigenvalue weighted by atomic mass is 9.90. The minimum absolute atomic E-state index is 0.783. The first-order chi connectivity index (χ1) is 18.6. The molecular formula is C35H39N2O. The van der Waals surface area contributed by atoms with Gasteiger partial charge in [0, 0.05) is 6.54 Å². The van der Waals surface area contributed by atoms with Crippen molar-refractivity contribution < 1.29 is 4.74 Å². The van der Waals surface area contributed by atoms with E-state index in [0.29, 0.717) is 0 Å². The van der Waals surface area contributed by atoms with Crippen molar-refractivity contribution in [3.63, 3.8) is 0 Å². The SMILES string of the molecule is CN(C)Cc1ccccc1-c1cc[c]cc1-c1cccc(-c2cccc(OCCC3CCN(C)CC3)c2)c1. The van der Waals surface area contributed by atoms with Crippen LogP contribution in [0.15, 0.2) is 91.0 Å². The molecule has 0 aliphatic carbocycles. The lowest BCUT2D eigenvalue weighted by Crippen LogP contribution is -2.30. The highest BCUT2D eigenvalue weighted by Gasteiger charge is 2.16. The molecule has 4 aromatic carbocycles. The summed E-state index contributed by atoms with van der Waals surface area (Å²) in [4.78, 5) is 4.64. The summed E-state index contributed by atoms with van der Waals surface area (Å²) in [5.74, 6) is 1.73. The third-order valence-corrected chi connectivity index (χ3v) is 7.63. The molecule has 195 valence electrons. The molecule has 0 bridgehead atoms. The van der Waals surface area contributed by atoms with Crippen molar-refractivity contribution in [2.24, 2.45) is 5.92 Å². The van der Waals surface area contributed by atoms with Crippen molar-refractivity contribution >= 4 is 0 Å². The number of hydrogen-bond donors (Lipinski definition) is 0. The summed E-state index contributed by atoms with van der Waals surface area (Å²) in [6.45, 7) is 4.10. The van der Waals surface area contributed by atoms with Gasteiger partial charge in [-0.25, -0.2) is 0 Å². The molecule has 0 N–H and O–H groups in total. The number of ether oxygens (including phenoxy) is 1. The van der Waals surface area contributed by atoms with Crippen molar-refractivity contribution in [3.8, 4) is 39.1 Å².